The lowest BCUT2D eigenvalue weighted by molar-refractivity contribution is -0.122. The molecule has 31 heavy (non-hydrogen) atoms. The Balaban J connectivity index is 1.45. The Hall–Kier alpha value is -3.61. The summed E-state index contributed by atoms with van der Waals surface area (Å²) in [6, 6.07) is 16.0. The molecule has 7 nitrogen and oxygen atoms in total. The molecule has 1 N–H and O–H groups in total. The van der Waals surface area contributed by atoms with Crippen LogP contribution in [0, 0.1) is 5.92 Å². The molecule has 1 aliphatic heterocycles. The Morgan fingerprint density at radius 3 is 2.74 bits per heavy atom. The van der Waals surface area contributed by atoms with E-state index >= 15 is 0 Å². The van der Waals surface area contributed by atoms with E-state index in [1.54, 1.807) is 6.21 Å². The summed E-state index contributed by atoms with van der Waals surface area (Å²) >= 11 is 0. The molecule has 1 amide bonds. The zero-order valence-electron chi connectivity index (χ0n) is 17.2. The van der Waals surface area contributed by atoms with E-state index in [4.69, 9.17) is 14.6 Å². The highest BCUT2D eigenvalue weighted by Crippen LogP contribution is 2.34. The van der Waals surface area contributed by atoms with Crippen molar-refractivity contribution in [1.82, 2.24) is 15.2 Å². The second kappa shape index (κ2) is 8.63. The van der Waals surface area contributed by atoms with Crippen LogP contribution in [0.3, 0.4) is 0 Å². The summed E-state index contributed by atoms with van der Waals surface area (Å²) in [6.07, 6.45) is 6.34. The lowest BCUT2D eigenvalue weighted by atomic mass is 10.1. The van der Waals surface area contributed by atoms with Gasteiger partial charge >= 0.3 is 0 Å². The molecule has 158 valence electrons. The number of amides is 1. The molecule has 1 aliphatic carbocycles. The Morgan fingerprint density at radius 2 is 1.94 bits per heavy atom. The molecule has 0 spiro atoms. The van der Waals surface area contributed by atoms with Crippen LogP contribution in [0.4, 0.5) is 0 Å². The SMILES string of the molecule is O=C(N/N=C\c1cn(Cc2ccccc2)nc1-c1ccc2c(c1)OCCCO2)C1CC1. The van der Waals surface area contributed by atoms with Gasteiger partial charge in [-0.2, -0.15) is 10.2 Å². The number of rotatable bonds is 6. The van der Waals surface area contributed by atoms with Crippen molar-refractivity contribution in [2.45, 2.75) is 25.8 Å². The Morgan fingerprint density at radius 1 is 1.13 bits per heavy atom. The van der Waals surface area contributed by atoms with Gasteiger partial charge in [-0.25, -0.2) is 5.43 Å². The molecule has 1 aromatic heterocycles. The number of benzene rings is 2. The van der Waals surface area contributed by atoms with E-state index in [0.717, 1.165) is 53.1 Å². The zero-order valence-corrected chi connectivity index (χ0v) is 17.2. The highest BCUT2D eigenvalue weighted by molar-refractivity contribution is 5.90. The predicted molar refractivity (Wildman–Crippen MR) is 117 cm³/mol. The Labute approximate surface area is 180 Å². The largest absolute Gasteiger partial charge is 0.490 e. The Kier molecular flexibility index (Phi) is 5.39. The molecule has 2 aromatic carbocycles. The summed E-state index contributed by atoms with van der Waals surface area (Å²) in [5, 5.41) is 8.99. The lowest BCUT2D eigenvalue weighted by Crippen LogP contribution is -2.18. The van der Waals surface area contributed by atoms with Crippen LogP contribution in [0.5, 0.6) is 11.5 Å². The average molecular weight is 416 g/mol. The van der Waals surface area contributed by atoms with Crippen molar-refractivity contribution in [3.05, 3.63) is 65.9 Å². The van der Waals surface area contributed by atoms with Gasteiger partial charge in [0.05, 0.1) is 26.0 Å². The molecule has 0 bridgehead atoms. The van der Waals surface area contributed by atoms with Gasteiger partial charge in [-0.3, -0.25) is 9.48 Å². The van der Waals surface area contributed by atoms with Crippen molar-refractivity contribution >= 4 is 12.1 Å². The molecular weight excluding hydrogens is 392 g/mol. The third kappa shape index (κ3) is 4.60. The first-order chi connectivity index (χ1) is 15.3. The number of aromatic nitrogens is 2. The molecule has 0 unspecified atom stereocenters. The summed E-state index contributed by atoms with van der Waals surface area (Å²) in [6.45, 7) is 1.91. The van der Waals surface area contributed by atoms with Gasteiger partial charge in [0, 0.05) is 29.7 Å². The minimum absolute atomic E-state index is 0.0231. The molecule has 3 aromatic rings. The van der Waals surface area contributed by atoms with E-state index in [0.29, 0.717) is 19.8 Å². The number of hydrogen-bond acceptors (Lipinski definition) is 5. The Bertz CT molecular complexity index is 1100. The molecule has 0 atom stereocenters. The summed E-state index contributed by atoms with van der Waals surface area (Å²) in [4.78, 5) is 11.9. The second-order valence-corrected chi connectivity index (χ2v) is 7.84. The van der Waals surface area contributed by atoms with Crippen molar-refractivity contribution in [1.29, 1.82) is 0 Å². The van der Waals surface area contributed by atoms with Gasteiger partial charge in [-0.1, -0.05) is 30.3 Å². The molecule has 1 fully saturated rings. The van der Waals surface area contributed by atoms with Crippen LogP contribution < -0.4 is 14.9 Å². The van der Waals surface area contributed by atoms with Crippen LogP contribution in [-0.4, -0.2) is 35.1 Å². The van der Waals surface area contributed by atoms with Crippen molar-refractivity contribution in [2.24, 2.45) is 11.0 Å². The second-order valence-electron chi connectivity index (χ2n) is 7.84. The number of hydrazone groups is 1. The minimum atomic E-state index is -0.0231. The van der Waals surface area contributed by atoms with E-state index in [9.17, 15) is 4.79 Å². The highest BCUT2D eigenvalue weighted by atomic mass is 16.5. The number of ether oxygens (including phenoxy) is 2. The van der Waals surface area contributed by atoms with Crippen LogP contribution in [0.15, 0.2) is 59.8 Å². The van der Waals surface area contributed by atoms with Gasteiger partial charge in [-0.05, 0) is 36.6 Å². The van der Waals surface area contributed by atoms with Crippen LogP contribution in [0.1, 0.15) is 30.4 Å². The first-order valence-electron chi connectivity index (χ1n) is 10.6. The molecule has 0 saturated heterocycles. The molecule has 0 radical (unpaired) electrons. The summed E-state index contributed by atoms with van der Waals surface area (Å²) in [7, 11) is 0. The number of carbonyl (C=O) groups excluding carboxylic acids is 1. The number of hydrogen-bond donors (Lipinski definition) is 1. The van der Waals surface area contributed by atoms with Gasteiger partial charge in [-0.15, -0.1) is 0 Å². The topological polar surface area (TPSA) is 77.7 Å². The van der Waals surface area contributed by atoms with E-state index in [2.05, 4.69) is 22.7 Å². The van der Waals surface area contributed by atoms with Crippen molar-refractivity contribution in [3.8, 4) is 22.8 Å². The third-order valence-electron chi connectivity index (χ3n) is 5.32. The molecular formula is C24H24N4O3. The summed E-state index contributed by atoms with van der Waals surface area (Å²) in [5.74, 6) is 1.55. The molecule has 2 heterocycles. The molecule has 5 rings (SSSR count). The monoisotopic (exact) mass is 416 g/mol. The maximum Gasteiger partial charge on any atom is 0.243 e. The minimum Gasteiger partial charge on any atom is -0.490 e. The quantitative estimate of drug-likeness (QED) is 0.492. The van der Waals surface area contributed by atoms with Gasteiger partial charge in [0.25, 0.3) is 0 Å². The lowest BCUT2D eigenvalue weighted by Gasteiger charge is -2.08. The van der Waals surface area contributed by atoms with Crippen molar-refractivity contribution in [2.75, 3.05) is 13.2 Å². The third-order valence-corrected chi connectivity index (χ3v) is 5.32. The fraction of sp³-hybridized carbons (Fsp3) is 0.292. The van der Waals surface area contributed by atoms with Gasteiger partial charge in [0.15, 0.2) is 11.5 Å². The smallest absolute Gasteiger partial charge is 0.243 e. The van der Waals surface area contributed by atoms with Gasteiger partial charge in [0.2, 0.25) is 5.91 Å². The standard InChI is InChI=1S/C24H24N4O3/c29-24(18-7-8-18)26-25-14-20-16-28(15-17-5-2-1-3-6-17)27-23(20)19-9-10-21-22(13-19)31-12-4-11-30-21/h1-3,5-6,9-10,13-14,16,18H,4,7-8,11-12,15H2,(H,26,29)/b25-14-. The number of nitrogens with one attached hydrogen (secondary N) is 1. The van der Waals surface area contributed by atoms with E-state index in [-0.39, 0.29) is 11.8 Å². The fourth-order valence-electron chi connectivity index (χ4n) is 3.52. The number of carbonyl (C=O) groups is 1. The van der Waals surface area contributed by atoms with Crippen LogP contribution in [-0.2, 0) is 11.3 Å². The average Bonchev–Trinajstić information content (AvgIpc) is 3.60. The summed E-state index contributed by atoms with van der Waals surface area (Å²) in [5.41, 5.74) is 6.29. The number of nitrogens with zero attached hydrogens (tertiary/aromatic N) is 3. The first kappa shape index (κ1) is 19.4. The maximum absolute atomic E-state index is 11.9. The zero-order chi connectivity index (χ0) is 21.0. The van der Waals surface area contributed by atoms with Gasteiger partial charge in [0.1, 0.15) is 5.69 Å². The van der Waals surface area contributed by atoms with E-state index in [1.165, 1.54) is 0 Å². The number of fused-ring (bicyclic) bond motifs is 1. The summed E-state index contributed by atoms with van der Waals surface area (Å²) < 4.78 is 13.5. The molecule has 7 heteroatoms. The predicted octanol–water partition coefficient (Wildman–Crippen LogP) is 3.62. The van der Waals surface area contributed by atoms with Crippen LogP contribution in [0.25, 0.3) is 11.3 Å². The van der Waals surface area contributed by atoms with E-state index < -0.39 is 0 Å². The van der Waals surface area contributed by atoms with Crippen LogP contribution >= 0.6 is 0 Å². The first-order valence-corrected chi connectivity index (χ1v) is 10.6. The van der Waals surface area contributed by atoms with E-state index in [1.807, 2.05) is 47.3 Å². The van der Waals surface area contributed by atoms with Crippen molar-refractivity contribution < 1.29 is 14.3 Å². The van der Waals surface area contributed by atoms with Crippen molar-refractivity contribution in [3.63, 3.8) is 0 Å². The normalized spacial score (nSPS) is 15.6. The molecule has 2 aliphatic rings. The fourth-order valence-corrected chi connectivity index (χ4v) is 3.52. The molecule has 1 saturated carbocycles. The maximum atomic E-state index is 11.9. The van der Waals surface area contributed by atoms with Crippen LogP contribution in [0.2, 0.25) is 0 Å². The van der Waals surface area contributed by atoms with Gasteiger partial charge < -0.3 is 9.47 Å². The highest BCUT2D eigenvalue weighted by Gasteiger charge is 2.29.